The lowest BCUT2D eigenvalue weighted by molar-refractivity contribution is -0.157. The van der Waals surface area contributed by atoms with Gasteiger partial charge in [-0.05, 0) is 12.1 Å². The average molecular weight is 291 g/mol. The van der Waals surface area contributed by atoms with E-state index in [1.54, 1.807) is 6.07 Å². The molecule has 2 N–H and O–H groups in total. The normalized spacial score (nSPS) is 12.6. The van der Waals surface area contributed by atoms with Crippen molar-refractivity contribution in [1.29, 1.82) is 0 Å². The number of carbonyl (C=O) groups excluding carboxylic acids is 1. The van der Waals surface area contributed by atoms with Crippen LogP contribution in [0.3, 0.4) is 0 Å². The maximum Gasteiger partial charge on any atom is 0.391 e. The molecule has 0 radical (unpaired) electrons. The first-order chi connectivity index (χ1) is 9.24. The predicted octanol–water partition coefficient (Wildman–Crippen LogP) is 1.83. The summed E-state index contributed by atoms with van der Waals surface area (Å²) in [5, 5.41) is 10.5. The van der Waals surface area contributed by atoms with Crippen molar-refractivity contribution >= 4 is 11.9 Å². The molecule has 0 aliphatic carbocycles. The van der Waals surface area contributed by atoms with Crippen molar-refractivity contribution in [3.8, 4) is 5.75 Å². The van der Waals surface area contributed by atoms with Crippen LogP contribution in [0.4, 0.5) is 13.2 Å². The van der Waals surface area contributed by atoms with Gasteiger partial charge in [0, 0.05) is 0 Å². The molecule has 0 aliphatic heterocycles. The topological polar surface area (TPSA) is 75.6 Å². The Balaban J connectivity index is 2.89. The predicted molar refractivity (Wildman–Crippen MR) is 62.6 cm³/mol. The molecule has 0 saturated carbocycles. The quantitative estimate of drug-likeness (QED) is 0.868. The van der Waals surface area contributed by atoms with E-state index in [0.29, 0.717) is 0 Å². The minimum atomic E-state index is -4.70. The van der Waals surface area contributed by atoms with Gasteiger partial charge in [-0.3, -0.25) is 4.79 Å². The molecule has 1 unspecified atom stereocenters. The van der Waals surface area contributed by atoms with E-state index in [-0.39, 0.29) is 11.3 Å². The van der Waals surface area contributed by atoms with E-state index < -0.39 is 30.5 Å². The zero-order valence-corrected chi connectivity index (χ0v) is 10.4. The van der Waals surface area contributed by atoms with Crippen LogP contribution in [0, 0.1) is 0 Å². The van der Waals surface area contributed by atoms with Crippen molar-refractivity contribution in [2.45, 2.75) is 18.6 Å². The van der Waals surface area contributed by atoms with Crippen molar-refractivity contribution in [1.82, 2.24) is 5.32 Å². The number of ether oxygens (including phenoxy) is 1. The van der Waals surface area contributed by atoms with Crippen molar-refractivity contribution in [3.05, 3.63) is 29.8 Å². The van der Waals surface area contributed by atoms with Crippen LogP contribution in [-0.2, 0) is 4.79 Å². The molecule has 5 nitrogen and oxygen atoms in total. The summed E-state index contributed by atoms with van der Waals surface area (Å²) >= 11 is 0. The second-order valence-corrected chi connectivity index (χ2v) is 3.88. The van der Waals surface area contributed by atoms with E-state index in [9.17, 15) is 22.8 Å². The number of rotatable bonds is 5. The first-order valence-corrected chi connectivity index (χ1v) is 5.48. The summed E-state index contributed by atoms with van der Waals surface area (Å²) in [5.41, 5.74) is -0.0385. The van der Waals surface area contributed by atoms with Crippen molar-refractivity contribution < 1.29 is 32.6 Å². The minimum absolute atomic E-state index is 0.0385. The molecular weight excluding hydrogens is 279 g/mol. The standard InChI is InChI=1S/C12H12F3NO4/c1-20-9-5-3-2-4-7(9)10(17)16-8(11(18)19)6-12(13,14)15/h2-5,8H,6H2,1H3,(H,16,17)(H,18,19). The number of carbonyl (C=O) groups is 2. The van der Waals surface area contributed by atoms with Gasteiger partial charge in [0.05, 0.1) is 19.1 Å². The van der Waals surface area contributed by atoms with Gasteiger partial charge in [-0.15, -0.1) is 0 Å². The molecule has 0 fully saturated rings. The van der Waals surface area contributed by atoms with Crippen LogP contribution in [0.15, 0.2) is 24.3 Å². The number of alkyl halides is 3. The SMILES string of the molecule is COc1ccccc1C(=O)NC(CC(F)(F)F)C(=O)O. The van der Waals surface area contributed by atoms with Gasteiger partial charge in [-0.1, -0.05) is 12.1 Å². The third-order valence-electron chi connectivity index (χ3n) is 2.39. The average Bonchev–Trinajstić information content (AvgIpc) is 2.36. The molecule has 0 aliphatic rings. The van der Waals surface area contributed by atoms with Gasteiger partial charge in [0.1, 0.15) is 11.8 Å². The summed E-state index contributed by atoms with van der Waals surface area (Å²) in [6.45, 7) is 0. The largest absolute Gasteiger partial charge is 0.496 e. The van der Waals surface area contributed by atoms with E-state index in [1.807, 2.05) is 5.32 Å². The summed E-state index contributed by atoms with van der Waals surface area (Å²) in [6, 6.07) is 3.76. The van der Waals surface area contributed by atoms with Crippen LogP contribution < -0.4 is 10.1 Å². The van der Waals surface area contributed by atoms with Gasteiger partial charge in [0.15, 0.2) is 0 Å². The fourth-order valence-electron chi connectivity index (χ4n) is 1.50. The molecule has 1 rings (SSSR count). The van der Waals surface area contributed by atoms with Crippen molar-refractivity contribution in [2.75, 3.05) is 7.11 Å². The highest BCUT2D eigenvalue weighted by molar-refractivity contribution is 5.98. The number of aliphatic carboxylic acids is 1. The lowest BCUT2D eigenvalue weighted by atomic mass is 10.1. The smallest absolute Gasteiger partial charge is 0.391 e. The third kappa shape index (κ3) is 4.45. The fourth-order valence-corrected chi connectivity index (χ4v) is 1.50. The van der Waals surface area contributed by atoms with Crippen LogP contribution >= 0.6 is 0 Å². The second-order valence-electron chi connectivity index (χ2n) is 3.88. The van der Waals surface area contributed by atoms with Crippen molar-refractivity contribution in [2.24, 2.45) is 0 Å². The number of amides is 1. The molecule has 0 bridgehead atoms. The summed E-state index contributed by atoms with van der Waals surface area (Å²) in [5.74, 6) is -2.56. The Morgan fingerprint density at radius 3 is 2.45 bits per heavy atom. The number of hydrogen-bond donors (Lipinski definition) is 2. The second kappa shape index (κ2) is 6.27. The van der Waals surface area contributed by atoms with Gasteiger partial charge >= 0.3 is 12.1 Å². The molecule has 0 aromatic heterocycles. The highest BCUT2D eigenvalue weighted by atomic mass is 19.4. The highest BCUT2D eigenvalue weighted by Crippen LogP contribution is 2.23. The van der Waals surface area contributed by atoms with Gasteiger partial charge in [0.2, 0.25) is 0 Å². The van der Waals surface area contributed by atoms with Crippen LogP contribution in [0.25, 0.3) is 0 Å². The Hall–Kier alpha value is -2.25. The molecule has 110 valence electrons. The molecule has 0 spiro atoms. The number of halogens is 3. The van der Waals surface area contributed by atoms with Crippen LogP contribution in [-0.4, -0.2) is 36.3 Å². The highest BCUT2D eigenvalue weighted by Gasteiger charge is 2.36. The van der Waals surface area contributed by atoms with E-state index in [1.165, 1.54) is 25.3 Å². The first kappa shape index (κ1) is 15.8. The van der Waals surface area contributed by atoms with E-state index >= 15 is 0 Å². The molecule has 1 amide bonds. The lowest BCUT2D eigenvalue weighted by Gasteiger charge is -2.17. The molecular formula is C12H12F3NO4. The summed E-state index contributed by atoms with van der Waals surface area (Å²) in [6.07, 6.45) is -6.35. The van der Waals surface area contributed by atoms with Gasteiger partial charge < -0.3 is 15.2 Å². The van der Waals surface area contributed by atoms with Crippen LogP contribution in [0.2, 0.25) is 0 Å². The Kier molecular flexibility index (Phi) is 4.95. The van der Waals surface area contributed by atoms with E-state index in [2.05, 4.69) is 0 Å². The summed E-state index contributed by atoms with van der Waals surface area (Å²) < 4.78 is 41.6. The number of carboxylic acids is 1. The van der Waals surface area contributed by atoms with Crippen LogP contribution in [0.1, 0.15) is 16.8 Å². The van der Waals surface area contributed by atoms with E-state index in [0.717, 1.165) is 0 Å². The van der Waals surface area contributed by atoms with E-state index in [4.69, 9.17) is 9.84 Å². The Bertz CT molecular complexity index is 502. The molecule has 1 aromatic rings. The monoisotopic (exact) mass is 291 g/mol. The zero-order chi connectivity index (χ0) is 15.3. The number of methoxy groups -OCH3 is 1. The zero-order valence-electron chi connectivity index (χ0n) is 10.4. The van der Waals surface area contributed by atoms with Gasteiger partial charge in [-0.25, -0.2) is 4.79 Å². The maximum atomic E-state index is 12.2. The number of para-hydroxylation sites is 1. The Labute approximate surface area is 112 Å². The molecule has 20 heavy (non-hydrogen) atoms. The fraction of sp³-hybridized carbons (Fsp3) is 0.333. The minimum Gasteiger partial charge on any atom is -0.496 e. The summed E-state index contributed by atoms with van der Waals surface area (Å²) in [7, 11) is 1.29. The van der Waals surface area contributed by atoms with Gasteiger partial charge in [0.25, 0.3) is 5.91 Å². The molecule has 1 aromatic carbocycles. The Morgan fingerprint density at radius 1 is 1.35 bits per heavy atom. The molecule has 8 heteroatoms. The number of benzene rings is 1. The molecule has 1 atom stereocenters. The maximum absolute atomic E-state index is 12.2. The summed E-state index contributed by atoms with van der Waals surface area (Å²) in [4.78, 5) is 22.6. The number of carboxylic acid groups (broad SMARTS) is 1. The Morgan fingerprint density at radius 2 is 1.95 bits per heavy atom. The first-order valence-electron chi connectivity index (χ1n) is 5.48. The van der Waals surface area contributed by atoms with Gasteiger partial charge in [-0.2, -0.15) is 13.2 Å². The van der Waals surface area contributed by atoms with Crippen LogP contribution in [0.5, 0.6) is 5.75 Å². The molecule has 0 saturated heterocycles. The lowest BCUT2D eigenvalue weighted by Crippen LogP contribution is -2.43. The third-order valence-corrected chi connectivity index (χ3v) is 2.39. The number of nitrogens with one attached hydrogen (secondary N) is 1. The number of hydrogen-bond acceptors (Lipinski definition) is 3. The molecule has 0 heterocycles. The van der Waals surface area contributed by atoms with Crippen molar-refractivity contribution in [3.63, 3.8) is 0 Å².